The maximum absolute atomic E-state index is 4.15. The van der Waals surface area contributed by atoms with Gasteiger partial charge in [0.15, 0.2) is 0 Å². The molecule has 0 fully saturated rings. The summed E-state index contributed by atoms with van der Waals surface area (Å²) in [6.07, 6.45) is 12.8. The van der Waals surface area contributed by atoms with E-state index in [9.17, 15) is 0 Å². The quantitative estimate of drug-likeness (QED) is 0.443. The van der Waals surface area contributed by atoms with Crippen LogP contribution in [0, 0.1) is 0 Å². The van der Waals surface area contributed by atoms with Crippen molar-refractivity contribution in [3.05, 3.63) is 12.4 Å². The molecule has 0 aliphatic carbocycles. The monoisotopic (exact) mass is 310 g/mol. The van der Waals surface area contributed by atoms with Gasteiger partial charge in [-0.3, -0.25) is 0 Å². The molecule has 0 saturated carbocycles. The van der Waals surface area contributed by atoms with Gasteiger partial charge in [-0.05, 0) is 0 Å². The van der Waals surface area contributed by atoms with E-state index in [0.29, 0.717) is 0 Å². The van der Waals surface area contributed by atoms with Crippen molar-refractivity contribution in [1.82, 2.24) is 0 Å². The van der Waals surface area contributed by atoms with Crippen LogP contribution in [0.3, 0.4) is 0 Å². The molecule has 0 aliphatic heterocycles. The number of halogens is 1. The van der Waals surface area contributed by atoms with Crippen molar-refractivity contribution in [3.8, 4) is 0 Å². The van der Waals surface area contributed by atoms with E-state index in [-0.39, 0.29) is 17.0 Å². The second-order valence-corrected chi connectivity index (χ2v) is 9.51. The summed E-state index contributed by atoms with van der Waals surface area (Å²) in [6, 6.07) is 0. The van der Waals surface area contributed by atoms with Gasteiger partial charge in [-0.2, -0.15) is 0 Å². The maximum atomic E-state index is 4.15. The molecule has 0 radical (unpaired) electrons. The van der Waals surface area contributed by atoms with Crippen LogP contribution in [0.25, 0.3) is 0 Å². The summed E-state index contributed by atoms with van der Waals surface area (Å²) in [7, 11) is -1.07. The van der Waals surface area contributed by atoms with Crippen molar-refractivity contribution in [3.63, 3.8) is 0 Å². The molecule has 16 heavy (non-hydrogen) atoms. The Morgan fingerprint density at radius 1 is 0.812 bits per heavy atom. The second-order valence-electron chi connectivity index (χ2n) is 4.88. The zero-order valence-electron chi connectivity index (χ0n) is 11.6. The molecule has 0 nitrogen and oxygen atoms in total. The van der Waals surface area contributed by atoms with E-state index in [1.165, 1.54) is 57.0 Å². The van der Waals surface area contributed by atoms with Crippen LogP contribution in [0.2, 0.25) is 0 Å². The van der Waals surface area contributed by atoms with Gasteiger partial charge in [-0.1, -0.05) is 0 Å². The van der Waals surface area contributed by atoms with Gasteiger partial charge >= 0.3 is 97.4 Å². The fourth-order valence-electron chi connectivity index (χ4n) is 2.27. The van der Waals surface area contributed by atoms with Crippen LogP contribution in [-0.4, -0.2) is 18.5 Å². The molecule has 0 aromatic heterocycles. The zero-order chi connectivity index (χ0) is 11.6. The van der Waals surface area contributed by atoms with Crippen LogP contribution in [0.15, 0.2) is 12.4 Å². The van der Waals surface area contributed by atoms with Crippen molar-refractivity contribution in [1.29, 1.82) is 0 Å². The SMILES string of the molecule is Br.C=C[PH](CCCC)(CCCC)CCCC. The van der Waals surface area contributed by atoms with Crippen LogP contribution >= 0.6 is 24.2 Å². The Morgan fingerprint density at radius 2 is 1.12 bits per heavy atom. The molecule has 0 unspecified atom stereocenters. The van der Waals surface area contributed by atoms with Crippen LogP contribution < -0.4 is 0 Å². The number of unbranched alkanes of at least 4 members (excludes halogenated alkanes) is 3. The summed E-state index contributed by atoms with van der Waals surface area (Å²) < 4.78 is 0. The molecule has 0 spiro atoms. The third-order valence-corrected chi connectivity index (χ3v) is 8.43. The Hall–Kier alpha value is 0.650. The molecule has 100 valence electrons. The van der Waals surface area contributed by atoms with Crippen molar-refractivity contribution < 1.29 is 0 Å². The molecule has 0 saturated heterocycles. The third kappa shape index (κ3) is 7.85. The van der Waals surface area contributed by atoms with E-state index < -0.39 is 7.26 Å². The topological polar surface area (TPSA) is 0 Å². The standard InChI is InChI=1S/C14H31P.BrH/c1-5-9-12-15(8-4,13-10-6-2)14-11-7-3;/h8,15H,4-7,9-14H2,1-3H3;1H. The molecule has 0 bridgehead atoms. The number of hydrogen-bond acceptors (Lipinski definition) is 0. The van der Waals surface area contributed by atoms with Crippen molar-refractivity contribution in [2.75, 3.05) is 18.5 Å². The van der Waals surface area contributed by atoms with Crippen molar-refractivity contribution in [2.45, 2.75) is 59.3 Å². The van der Waals surface area contributed by atoms with Crippen molar-refractivity contribution >= 4 is 24.2 Å². The van der Waals surface area contributed by atoms with E-state index in [1.807, 2.05) is 0 Å². The zero-order valence-corrected chi connectivity index (χ0v) is 14.3. The summed E-state index contributed by atoms with van der Waals surface area (Å²) in [5.74, 6) is 2.40. The van der Waals surface area contributed by atoms with Crippen molar-refractivity contribution in [2.24, 2.45) is 0 Å². The summed E-state index contributed by atoms with van der Waals surface area (Å²) in [4.78, 5) is 0. The second kappa shape index (κ2) is 12.1. The molecular formula is C14H32BrP. The van der Waals surface area contributed by atoms with Gasteiger partial charge in [0.05, 0.1) is 0 Å². The summed E-state index contributed by atoms with van der Waals surface area (Å²) in [5, 5.41) is 0. The van der Waals surface area contributed by atoms with Crippen LogP contribution in [0.4, 0.5) is 0 Å². The minimum atomic E-state index is -1.07. The molecule has 0 aliphatic rings. The average molecular weight is 311 g/mol. The van der Waals surface area contributed by atoms with Gasteiger partial charge in [-0.15, -0.1) is 17.0 Å². The fourth-order valence-corrected chi connectivity index (χ4v) is 6.80. The predicted octanol–water partition coefficient (Wildman–Crippen LogP) is 5.86. The van der Waals surface area contributed by atoms with Gasteiger partial charge < -0.3 is 0 Å². The molecule has 0 atom stereocenters. The normalized spacial score (nSPS) is 11.9. The predicted molar refractivity (Wildman–Crippen MR) is 88.2 cm³/mol. The van der Waals surface area contributed by atoms with E-state index in [2.05, 4.69) is 33.2 Å². The molecular weight excluding hydrogens is 279 g/mol. The Kier molecular flexibility index (Phi) is 14.4. The van der Waals surface area contributed by atoms with Crippen LogP contribution in [0.5, 0.6) is 0 Å². The molecule has 0 heterocycles. The van der Waals surface area contributed by atoms with Crippen LogP contribution in [0.1, 0.15) is 59.3 Å². The fraction of sp³-hybridized carbons (Fsp3) is 0.857. The first-order chi connectivity index (χ1) is 7.24. The Balaban J connectivity index is 0. The molecule has 0 aromatic rings. The summed E-state index contributed by atoms with van der Waals surface area (Å²) in [5.41, 5.74) is 0. The summed E-state index contributed by atoms with van der Waals surface area (Å²) in [6.45, 7) is 11.1. The number of hydrogen-bond donors (Lipinski definition) is 0. The van der Waals surface area contributed by atoms with Gasteiger partial charge in [0.25, 0.3) is 0 Å². The van der Waals surface area contributed by atoms with Gasteiger partial charge in [0.2, 0.25) is 0 Å². The van der Waals surface area contributed by atoms with Gasteiger partial charge in [0, 0.05) is 0 Å². The molecule has 2 heteroatoms. The Morgan fingerprint density at radius 3 is 1.31 bits per heavy atom. The van der Waals surface area contributed by atoms with E-state index in [4.69, 9.17) is 0 Å². The molecule has 0 rings (SSSR count). The van der Waals surface area contributed by atoms with E-state index in [0.717, 1.165) is 0 Å². The molecule has 0 aromatic carbocycles. The first-order valence-corrected chi connectivity index (χ1v) is 9.58. The molecule has 0 N–H and O–H groups in total. The number of rotatable bonds is 10. The van der Waals surface area contributed by atoms with E-state index >= 15 is 0 Å². The Labute approximate surface area is 114 Å². The third-order valence-electron chi connectivity index (χ3n) is 3.52. The van der Waals surface area contributed by atoms with Gasteiger partial charge in [-0.25, -0.2) is 0 Å². The minimum absolute atomic E-state index is 0. The average Bonchev–Trinajstić information content (AvgIpc) is 2.29. The van der Waals surface area contributed by atoms with Gasteiger partial charge in [0.1, 0.15) is 0 Å². The summed E-state index contributed by atoms with van der Waals surface area (Å²) >= 11 is 0. The first-order valence-electron chi connectivity index (χ1n) is 6.88. The first kappa shape index (κ1) is 19.0. The Bertz CT molecular complexity index is 135. The van der Waals surface area contributed by atoms with Crippen LogP contribution in [-0.2, 0) is 0 Å². The molecule has 0 amide bonds. The van der Waals surface area contributed by atoms with E-state index in [1.54, 1.807) is 0 Å².